The van der Waals surface area contributed by atoms with E-state index in [1.54, 1.807) is 0 Å². The average molecular weight is 391 g/mol. The molecule has 1 aromatic heterocycles. The summed E-state index contributed by atoms with van der Waals surface area (Å²) in [6.07, 6.45) is 0.947. The summed E-state index contributed by atoms with van der Waals surface area (Å²) in [4.78, 5) is 16.6. The number of aromatic nitrogens is 1. The van der Waals surface area contributed by atoms with Crippen molar-refractivity contribution in [3.05, 3.63) is 64.2 Å². The number of carbonyl (C=O) groups excluding carboxylic acids is 1. The van der Waals surface area contributed by atoms with Crippen molar-refractivity contribution >= 4 is 34.0 Å². The van der Waals surface area contributed by atoms with Crippen molar-refractivity contribution in [3.8, 4) is 17.0 Å². The van der Waals surface area contributed by atoms with Crippen molar-refractivity contribution in [3.63, 3.8) is 0 Å². The van der Waals surface area contributed by atoms with Gasteiger partial charge in [-0.05, 0) is 42.8 Å². The molecule has 0 atom stereocenters. The van der Waals surface area contributed by atoms with Gasteiger partial charge in [0.15, 0.2) is 5.13 Å². The lowest BCUT2D eigenvalue weighted by atomic mass is 10.2. The van der Waals surface area contributed by atoms with Gasteiger partial charge in [-0.25, -0.2) is 9.37 Å². The van der Waals surface area contributed by atoms with Crippen LogP contribution in [0.25, 0.3) is 11.3 Å². The summed E-state index contributed by atoms with van der Waals surface area (Å²) >= 11 is 7.17. The van der Waals surface area contributed by atoms with Crippen LogP contribution in [0.2, 0.25) is 5.02 Å². The molecule has 0 saturated carbocycles. The first kappa shape index (κ1) is 18.4. The fourth-order valence-electron chi connectivity index (χ4n) is 2.28. The Morgan fingerprint density at radius 1 is 1.27 bits per heavy atom. The first-order valence-electron chi connectivity index (χ1n) is 8.02. The molecule has 2 aromatic carbocycles. The molecule has 3 rings (SSSR count). The Bertz CT molecular complexity index is 892. The Morgan fingerprint density at radius 2 is 2.04 bits per heavy atom. The van der Waals surface area contributed by atoms with E-state index in [2.05, 4.69) is 10.3 Å². The van der Waals surface area contributed by atoms with Crippen molar-refractivity contribution in [2.45, 2.75) is 13.3 Å². The smallest absolute Gasteiger partial charge is 0.261 e. The van der Waals surface area contributed by atoms with Gasteiger partial charge in [0.25, 0.3) is 5.91 Å². The average Bonchev–Trinajstić information content (AvgIpc) is 3.08. The maximum absolute atomic E-state index is 13.8. The zero-order valence-corrected chi connectivity index (χ0v) is 15.5. The second kappa shape index (κ2) is 8.29. The number of rotatable bonds is 6. The third kappa shape index (κ3) is 4.20. The van der Waals surface area contributed by atoms with Gasteiger partial charge in [-0.3, -0.25) is 10.1 Å². The molecule has 1 heterocycles. The summed E-state index contributed by atoms with van der Waals surface area (Å²) in [5.41, 5.74) is 1.42. The third-order valence-corrected chi connectivity index (χ3v) is 4.61. The highest BCUT2D eigenvalue weighted by Crippen LogP contribution is 2.28. The fraction of sp³-hybridized carbons (Fsp3) is 0.158. The predicted molar refractivity (Wildman–Crippen MR) is 103 cm³/mol. The summed E-state index contributed by atoms with van der Waals surface area (Å²) in [6, 6.07) is 11.7. The van der Waals surface area contributed by atoms with Gasteiger partial charge in [0.05, 0.1) is 22.9 Å². The van der Waals surface area contributed by atoms with Crippen LogP contribution in [0.1, 0.15) is 23.7 Å². The largest absolute Gasteiger partial charge is 0.494 e. The van der Waals surface area contributed by atoms with Crippen LogP contribution >= 0.6 is 22.9 Å². The normalized spacial score (nSPS) is 10.6. The lowest BCUT2D eigenvalue weighted by Gasteiger charge is -2.05. The zero-order chi connectivity index (χ0) is 18.5. The molecule has 0 unspecified atom stereocenters. The molecule has 134 valence electrons. The highest BCUT2D eigenvalue weighted by Gasteiger charge is 2.17. The van der Waals surface area contributed by atoms with Crippen molar-refractivity contribution in [2.75, 3.05) is 11.9 Å². The summed E-state index contributed by atoms with van der Waals surface area (Å²) in [7, 11) is 0. The van der Waals surface area contributed by atoms with Crippen molar-refractivity contribution in [1.82, 2.24) is 4.98 Å². The molecule has 1 amide bonds. The second-order valence-corrected chi connectivity index (χ2v) is 6.73. The van der Waals surface area contributed by atoms with E-state index in [1.807, 2.05) is 36.6 Å². The summed E-state index contributed by atoms with van der Waals surface area (Å²) in [5, 5.41) is 4.84. The Hall–Kier alpha value is -2.44. The summed E-state index contributed by atoms with van der Waals surface area (Å²) in [6.45, 7) is 2.72. The highest BCUT2D eigenvalue weighted by atomic mass is 35.5. The number of ether oxygens (including phenoxy) is 1. The number of anilines is 1. The van der Waals surface area contributed by atoms with Gasteiger partial charge in [-0.2, -0.15) is 0 Å². The molecule has 0 fully saturated rings. The molecule has 26 heavy (non-hydrogen) atoms. The SMILES string of the molecule is CCCOc1ccc(-c2csc(NC(=O)c3c(F)cccc3Cl)n2)cc1. The molecule has 7 heteroatoms. The van der Waals surface area contributed by atoms with Crippen LogP contribution in [-0.4, -0.2) is 17.5 Å². The molecule has 0 aliphatic rings. The number of benzene rings is 2. The molecule has 3 aromatic rings. The van der Waals surface area contributed by atoms with Crippen LogP contribution in [0.5, 0.6) is 5.75 Å². The summed E-state index contributed by atoms with van der Waals surface area (Å²) in [5.74, 6) is -0.500. The monoisotopic (exact) mass is 390 g/mol. The number of halogens is 2. The Labute approximate surface area is 159 Å². The van der Waals surface area contributed by atoms with Gasteiger partial charge in [-0.15, -0.1) is 11.3 Å². The maximum atomic E-state index is 13.8. The minimum Gasteiger partial charge on any atom is -0.494 e. The number of hydrogen-bond acceptors (Lipinski definition) is 4. The van der Waals surface area contributed by atoms with Crippen LogP contribution < -0.4 is 10.1 Å². The lowest BCUT2D eigenvalue weighted by molar-refractivity contribution is 0.102. The van der Waals surface area contributed by atoms with E-state index < -0.39 is 11.7 Å². The van der Waals surface area contributed by atoms with Crippen LogP contribution in [0.15, 0.2) is 47.8 Å². The minimum atomic E-state index is -0.672. The number of nitrogens with one attached hydrogen (secondary N) is 1. The molecule has 0 bridgehead atoms. The van der Waals surface area contributed by atoms with E-state index in [9.17, 15) is 9.18 Å². The fourth-order valence-corrected chi connectivity index (χ4v) is 3.24. The first-order valence-corrected chi connectivity index (χ1v) is 9.28. The van der Waals surface area contributed by atoms with E-state index in [0.29, 0.717) is 17.4 Å². The highest BCUT2D eigenvalue weighted by molar-refractivity contribution is 7.14. The molecule has 1 N–H and O–H groups in total. The van der Waals surface area contributed by atoms with Crippen molar-refractivity contribution < 1.29 is 13.9 Å². The van der Waals surface area contributed by atoms with E-state index in [4.69, 9.17) is 16.3 Å². The van der Waals surface area contributed by atoms with E-state index in [-0.39, 0.29) is 10.6 Å². The van der Waals surface area contributed by atoms with E-state index in [0.717, 1.165) is 17.7 Å². The van der Waals surface area contributed by atoms with Crippen molar-refractivity contribution in [1.29, 1.82) is 0 Å². The lowest BCUT2D eigenvalue weighted by Crippen LogP contribution is -2.14. The van der Waals surface area contributed by atoms with Crippen LogP contribution in [0.4, 0.5) is 9.52 Å². The number of thiazole rings is 1. The standard InChI is InChI=1S/C19H16ClFN2O2S/c1-2-10-25-13-8-6-12(7-9-13)16-11-26-19(22-16)23-18(24)17-14(20)4-3-5-15(17)21/h3-9,11H,2,10H2,1H3,(H,22,23,24). The van der Waals surface area contributed by atoms with Gasteiger partial charge in [0.1, 0.15) is 11.6 Å². The predicted octanol–water partition coefficient (Wildman–Crippen LogP) is 5.64. The number of nitrogens with zero attached hydrogens (tertiary/aromatic N) is 1. The quantitative estimate of drug-likeness (QED) is 0.592. The van der Waals surface area contributed by atoms with Gasteiger partial charge >= 0.3 is 0 Å². The van der Waals surface area contributed by atoms with Crippen molar-refractivity contribution in [2.24, 2.45) is 0 Å². The number of carbonyl (C=O) groups is 1. The molecule has 0 radical (unpaired) electrons. The number of amides is 1. The molecule has 0 aliphatic heterocycles. The molecule has 0 aliphatic carbocycles. The van der Waals surface area contributed by atoms with Gasteiger partial charge in [0, 0.05) is 10.9 Å². The molecular formula is C19H16ClFN2O2S. The topological polar surface area (TPSA) is 51.2 Å². The van der Waals surface area contributed by atoms with E-state index in [1.165, 1.54) is 29.5 Å². The van der Waals surface area contributed by atoms with Crippen LogP contribution in [0, 0.1) is 5.82 Å². The Balaban J connectivity index is 1.73. The molecule has 4 nitrogen and oxygen atoms in total. The van der Waals surface area contributed by atoms with Gasteiger partial charge in [0.2, 0.25) is 0 Å². The van der Waals surface area contributed by atoms with Gasteiger partial charge in [-0.1, -0.05) is 24.6 Å². The molecule has 0 saturated heterocycles. The number of hydrogen-bond donors (Lipinski definition) is 1. The first-order chi connectivity index (χ1) is 12.6. The molecular weight excluding hydrogens is 375 g/mol. The van der Waals surface area contributed by atoms with Crippen LogP contribution in [-0.2, 0) is 0 Å². The minimum absolute atomic E-state index is 0.0574. The Kier molecular flexibility index (Phi) is 5.85. The maximum Gasteiger partial charge on any atom is 0.261 e. The second-order valence-electron chi connectivity index (χ2n) is 5.46. The third-order valence-electron chi connectivity index (χ3n) is 3.54. The van der Waals surface area contributed by atoms with Crippen LogP contribution in [0.3, 0.4) is 0 Å². The zero-order valence-electron chi connectivity index (χ0n) is 14.0. The van der Waals surface area contributed by atoms with Gasteiger partial charge < -0.3 is 4.74 Å². The Morgan fingerprint density at radius 3 is 2.73 bits per heavy atom. The van der Waals surface area contributed by atoms with E-state index >= 15 is 0 Å². The molecule has 0 spiro atoms. The summed E-state index contributed by atoms with van der Waals surface area (Å²) < 4.78 is 19.4.